The van der Waals surface area contributed by atoms with Gasteiger partial charge in [-0.15, -0.1) is 0 Å². The molecule has 1 N–H and O–H groups in total. The Morgan fingerprint density at radius 3 is 2.58 bits per heavy atom. The van der Waals surface area contributed by atoms with Gasteiger partial charge in [-0.25, -0.2) is 4.98 Å². The van der Waals surface area contributed by atoms with Crippen molar-refractivity contribution in [2.24, 2.45) is 0 Å². The number of ether oxygens (including phenoxy) is 2. The molecule has 0 aliphatic heterocycles. The Kier molecular flexibility index (Phi) is 6.77. The summed E-state index contributed by atoms with van der Waals surface area (Å²) >= 11 is 1.48. The molecule has 180 valence electrons. The van der Waals surface area contributed by atoms with Gasteiger partial charge in [0.2, 0.25) is 11.0 Å². The van der Waals surface area contributed by atoms with Gasteiger partial charge in [0.05, 0.1) is 23.0 Å². The molecule has 0 spiro atoms. The first kappa shape index (κ1) is 23.3. The largest absolute Gasteiger partial charge is 0.497 e. The smallest absolute Gasteiger partial charge is 0.249 e. The Bertz CT molecular complexity index is 1520. The van der Waals surface area contributed by atoms with Crippen molar-refractivity contribution in [1.29, 1.82) is 0 Å². The second-order valence-corrected chi connectivity index (χ2v) is 9.09. The predicted octanol–water partition coefficient (Wildman–Crippen LogP) is 6.03. The number of aryl methyl sites for hydroxylation is 1. The molecule has 1 amide bonds. The molecule has 8 heteroatoms. The molecular weight excluding hydrogens is 472 g/mol. The number of aromatic nitrogens is 3. The highest BCUT2D eigenvalue weighted by atomic mass is 32.1. The fraction of sp³-hybridized carbons (Fsp3) is 0.107. The average molecular weight is 497 g/mol. The van der Waals surface area contributed by atoms with Gasteiger partial charge in [0.1, 0.15) is 23.9 Å². The summed E-state index contributed by atoms with van der Waals surface area (Å²) < 4.78 is 13.7. The lowest BCUT2D eigenvalue weighted by molar-refractivity contribution is -0.111. The molecule has 2 aromatic heterocycles. The van der Waals surface area contributed by atoms with E-state index in [1.165, 1.54) is 17.4 Å². The van der Waals surface area contributed by atoms with E-state index in [4.69, 9.17) is 9.47 Å². The number of hydrogen-bond donors (Lipinski definition) is 1. The summed E-state index contributed by atoms with van der Waals surface area (Å²) in [5.41, 5.74) is 3.62. The van der Waals surface area contributed by atoms with E-state index in [0.29, 0.717) is 17.6 Å². The van der Waals surface area contributed by atoms with Gasteiger partial charge in [0, 0.05) is 12.1 Å². The summed E-state index contributed by atoms with van der Waals surface area (Å²) in [5, 5.41) is 8.09. The lowest BCUT2D eigenvalue weighted by atomic mass is 10.2. The molecule has 0 aliphatic carbocycles. The van der Waals surface area contributed by atoms with Crippen LogP contribution in [0, 0.1) is 6.92 Å². The zero-order chi connectivity index (χ0) is 24.9. The molecule has 36 heavy (non-hydrogen) atoms. The van der Waals surface area contributed by atoms with Crippen molar-refractivity contribution in [3.8, 4) is 16.6 Å². The lowest BCUT2D eigenvalue weighted by Gasteiger charge is -2.06. The second-order valence-electron chi connectivity index (χ2n) is 8.08. The molecule has 2 heterocycles. The number of nitrogens with zero attached hydrogens (tertiary/aromatic N) is 3. The number of methoxy groups -OCH3 is 1. The quantitative estimate of drug-likeness (QED) is 0.265. The van der Waals surface area contributed by atoms with Crippen LogP contribution in [-0.4, -0.2) is 27.8 Å². The van der Waals surface area contributed by atoms with Gasteiger partial charge in [-0.3, -0.25) is 4.79 Å². The van der Waals surface area contributed by atoms with Gasteiger partial charge in [-0.2, -0.15) is 9.78 Å². The Balaban J connectivity index is 1.24. The number of carbonyl (C=O) groups is 1. The molecule has 0 fully saturated rings. The summed E-state index contributed by atoms with van der Waals surface area (Å²) in [6.07, 6.45) is 3.25. The molecule has 0 unspecified atom stereocenters. The van der Waals surface area contributed by atoms with Crippen LogP contribution >= 0.6 is 11.3 Å². The first-order chi connectivity index (χ1) is 17.6. The standard InChI is InChI=1S/C28H24N4O3S/c1-19-16-26(32(31-19)28-29-24-14-13-23(34-2)17-25(24)36-28)30-27(33)15-10-20-8-11-22(12-9-20)35-18-21-6-4-3-5-7-21/h3-17H,18H2,1-2H3,(H,30,33)/b15-10+. The van der Waals surface area contributed by atoms with Gasteiger partial charge in [0.25, 0.3) is 0 Å². The maximum absolute atomic E-state index is 12.7. The highest BCUT2D eigenvalue weighted by Gasteiger charge is 2.14. The first-order valence-electron chi connectivity index (χ1n) is 11.3. The van der Waals surface area contributed by atoms with Gasteiger partial charge in [-0.1, -0.05) is 53.8 Å². The van der Waals surface area contributed by atoms with Crippen molar-refractivity contribution in [3.63, 3.8) is 0 Å². The van der Waals surface area contributed by atoms with Gasteiger partial charge in [0.15, 0.2) is 0 Å². The monoisotopic (exact) mass is 496 g/mol. The summed E-state index contributed by atoms with van der Waals surface area (Å²) in [6, 6.07) is 25.1. The molecule has 7 nitrogen and oxygen atoms in total. The zero-order valence-corrected chi connectivity index (χ0v) is 20.7. The van der Waals surface area contributed by atoms with Crippen LogP contribution in [0.3, 0.4) is 0 Å². The predicted molar refractivity (Wildman–Crippen MR) is 143 cm³/mol. The van der Waals surface area contributed by atoms with E-state index in [1.54, 1.807) is 17.9 Å². The second kappa shape index (κ2) is 10.5. The number of carbonyl (C=O) groups excluding carboxylic acids is 1. The fourth-order valence-corrected chi connectivity index (χ4v) is 4.56. The number of hydrogen-bond acceptors (Lipinski definition) is 6. The van der Waals surface area contributed by atoms with E-state index in [0.717, 1.165) is 38.5 Å². The molecule has 0 radical (unpaired) electrons. The van der Waals surface area contributed by atoms with Crippen LogP contribution in [0.1, 0.15) is 16.8 Å². The molecule has 0 atom stereocenters. The lowest BCUT2D eigenvalue weighted by Crippen LogP contribution is -2.12. The minimum absolute atomic E-state index is 0.261. The van der Waals surface area contributed by atoms with Crippen LogP contribution in [0.25, 0.3) is 21.4 Å². The van der Waals surface area contributed by atoms with E-state index in [1.807, 2.05) is 85.8 Å². The number of thiazole rings is 1. The number of fused-ring (bicyclic) bond motifs is 1. The summed E-state index contributed by atoms with van der Waals surface area (Å²) in [7, 11) is 1.63. The average Bonchev–Trinajstić information content (AvgIpc) is 3.49. The molecule has 3 aromatic carbocycles. The van der Waals surface area contributed by atoms with Crippen LogP contribution in [-0.2, 0) is 11.4 Å². The van der Waals surface area contributed by atoms with Crippen molar-refractivity contribution >= 4 is 39.4 Å². The highest BCUT2D eigenvalue weighted by Crippen LogP contribution is 2.30. The van der Waals surface area contributed by atoms with E-state index >= 15 is 0 Å². The van der Waals surface area contributed by atoms with Crippen LogP contribution in [0.2, 0.25) is 0 Å². The summed E-state index contributed by atoms with van der Waals surface area (Å²) in [6.45, 7) is 2.38. The van der Waals surface area contributed by atoms with Crippen molar-refractivity contribution in [2.45, 2.75) is 13.5 Å². The molecule has 5 aromatic rings. The molecule has 0 saturated heterocycles. The fourth-order valence-electron chi connectivity index (χ4n) is 3.60. The Labute approximate surface area is 212 Å². The van der Waals surface area contributed by atoms with Crippen molar-refractivity contribution in [2.75, 3.05) is 12.4 Å². The molecule has 0 aliphatic rings. The summed E-state index contributed by atoms with van der Waals surface area (Å²) in [5.74, 6) is 1.83. The van der Waals surface area contributed by atoms with Crippen molar-refractivity contribution < 1.29 is 14.3 Å². The SMILES string of the molecule is COc1ccc2nc(-n3nc(C)cc3NC(=O)/C=C/c3ccc(OCc4ccccc4)cc3)sc2c1. The first-order valence-corrected chi connectivity index (χ1v) is 12.2. The minimum atomic E-state index is -0.261. The van der Waals surface area contributed by atoms with E-state index in [-0.39, 0.29) is 5.91 Å². The molecular formula is C28H24N4O3S. The molecule has 0 bridgehead atoms. The maximum atomic E-state index is 12.7. The van der Waals surface area contributed by atoms with Gasteiger partial charge in [-0.05, 0) is 54.5 Å². The van der Waals surface area contributed by atoms with Crippen LogP contribution in [0.5, 0.6) is 11.5 Å². The highest BCUT2D eigenvalue weighted by molar-refractivity contribution is 7.20. The normalized spacial score (nSPS) is 11.2. The minimum Gasteiger partial charge on any atom is -0.497 e. The number of nitrogens with one attached hydrogen (secondary N) is 1. The summed E-state index contributed by atoms with van der Waals surface area (Å²) in [4.78, 5) is 17.3. The van der Waals surface area contributed by atoms with Gasteiger partial charge >= 0.3 is 0 Å². The zero-order valence-electron chi connectivity index (χ0n) is 19.8. The molecule has 0 saturated carbocycles. The topological polar surface area (TPSA) is 78.3 Å². The van der Waals surface area contributed by atoms with Crippen LogP contribution in [0.15, 0.2) is 84.9 Å². The molecule has 5 rings (SSSR count). The Morgan fingerprint density at radius 1 is 1.03 bits per heavy atom. The Morgan fingerprint density at radius 2 is 1.81 bits per heavy atom. The third-order valence-corrected chi connectivity index (χ3v) is 6.40. The Hall–Kier alpha value is -4.43. The number of benzene rings is 3. The van der Waals surface area contributed by atoms with Crippen LogP contribution < -0.4 is 14.8 Å². The van der Waals surface area contributed by atoms with Crippen LogP contribution in [0.4, 0.5) is 5.82 Å². The maximum Gasteiger partial charge on any atom is 0.249 e. The van der Waals surface area contributed by atoms with E-state index < -0.39 is 0 Å². The van der Waals surface area contributed by atoms with Crippen molar-refractivity contribution in [3.05, 3.63) is 102 Å². The third kappa shape index (κ3) is 5.45. The van der Waals surface area contributed by atoms with Crippen molar-refractivity contribution in [1.82, 2.24) is 14.8 Å². The number of anilines is 1. The van der Waals surface area contributed by atoms with E-state index in [2.05, 4.69) is 15.4 Å². The van der Waals surface area contributed by atoms with Gasteiger partial charge < -0.3 is 14.8 Å². The van der Waals surface area contributed by atoms with E-state index in [9.17, 15) is 4.79 Å². The number of amides is 1. The third-order valence-electron chi connectivity index (χ3n) is 5.40. The number of rotatable bonds is 8.